The van der Waals surface area contributed by atoms with Crippen LogP contribution in [0, 0.1) is 6.92 Å². The number of aryl methyl sites for hydroxylation is 1. The fourth-order valence-corrected chi connectivity index (χ4v) is 2.67. The predicted molar refractivity (Wildman–Crippen MR) is 77.7 cm³/mol. The summed E-state index contributed by atoms with van der Waals surface area (Å²) >= 11 is 1.41. The minimum atomic E-state index is 0.241. The van der Waals surface area contributed by atoms with E-state index in [0.717, 1.165) is 16.3 Å². The van der Waals surface area contributed by atoms with Crippen molar-refractivity contribution in [3.8, 4) is 0 Å². The van der Waals surface area contributed by atoms with Crippen molar-refractivity contribution in [2.75, 3.05) is 0 Å². The maximum atomic E-state index is 4.28. The third-order valence-electron chi connectivity index (χ3n) is 3.35. The van der Waals surface area contributed by atoms with E-state index in [1.54, 1.807) is 0 Å². The van der Waals surface area contributed by atoms with E-state index in [0.29, 0.717) is 6.54 Å². The highest BCUT2D eigenvalue weighted by atomic mass is 32.1. The Balaban J connectivity index is 1.79. The lowest BCUT2D eigenvalue weighted by Crippen LogP contribution is -2.00. The van der Waals surface area contributed by atoms with E-state index in [9.17, 15) is 0 Å². The van der Waals surface area contributed by atoms with Crippen LogP contribution >= 0.6 is 11.5 Å². The van der Waals surface area contributed by atoms with Crippen LogP contribution in [-0.2, 0) is 6.54 Å². The van der Waals surface area contributed by atoms with Gasteiger partial charge in [0.15, 0.2) is 0 Å². The Morgan fingerprint density at radius 3 is 2.70 bits per heavy atom. The predicted octanol–water partition coefficient (Wildman–Crippen LogP) is 2.64. The molecule has 102 valence electrons. The molecule has 0 saturated carbocycles. The van der Waals surface area contributed by atoms with E-state index < -0.39 is 0 Å². The first-order valence-electron chi connectivity index (χ1n) is 6.47. The van der Waals surface area contributed by atoms with Gasteiger partial charge < -0.3 is 0 Å². The van der Waals surface area contributed by atoms with Crippen molar-refractivity contribution in [2.45, 2.75) is 26.3 Å². The molecule has 0 amide bonds. The second-order valence-electron chi connectivity index (χ2n) is 4.75. The van der Waals surface area contributed by atoms with Gasteiger partial charge in [0, 0.05) is 12.1 Å². The van der Waals surface area contributed by atoms with E-state index in [2.05, 4.69) is 39.0 Å². The Morgan fingerprint density at radius 1 is 1.20 bits per heavy atom. The van der Waals surface area contributed by atoms with Crippen LogP contribution in [0.1, 0.15) is 34.7 Å². The molecule has 5 nitrogen and oxygen atoms in total. The molecule has 2 aromatic heterocycles. The Bertz CT molecular complexity index is 688. The average molecular weight is 285 g/mol. The largest absolute Gasteiger partial charge is 0.247 e. The standard InChI is InChI=1S/C14H15N5S/c1-10(12-6-4-3-5-7-12)13-8-19(17-16-13)9-14-11(2)15-18-20-14/h3-8,10H,9H2,1-2H3/t10-/m1/s1. The number of hydrogen-bond acceptors (Lipinski definition) is 5. The monoisotopic (exact) mass is 285 g/mol. The first-order valence-corrected chi connectivity index (χ1v) is 7.24. The van der Waals surface area contributed by atoms with Crippen LogP contribution in [0.2, 0.25) is 0 Å². The van der Waals surface area contributed by atoms with Crippen LogP contribution in [0.5, 0.6) is 0 Å². The molecule has 0 unspecified atom stereocenters. The van der Waals surface area contributed by atoms with Crippen molar-refractivity contribution >= 4 is 11.5 Å². The Labute approximate surface area is 121 Å². The van der Waals surface area contributed by atoms with E-state index in [4.69, 9.17) is 0 Å². The minimum Gasteiger partial charge on any atom is -0.247 e. The smallest absolute Gasteiger partial charge is 0.0899 e. The minimum absolute atomic E-state index is 0.241. The summed E-state index contributed by atoms with van der Waals surface area (Å²) in [6, 6.07) is 10.3. The normalized spacial score (nSPS) is 12.5. The van der Waals surface area contributed by atoms with E-state index in [1.807, 2.05) is 36.0 Å². The number of nitrogens with zero attached hydrogens (tertiary/aromatic N) is 5. The highest BCUT2D eigenvalue weighted by Crippen LogP contribution is 2.21. The molecule has 0 aliphatic rings. The summed E-state index contributed by atoms with van der Waals surface area (Å²) in [4.78, 5) is 1.12. The fourth-order valence-electron chi connectivity index (χ4n) is 2.04. The number of rotatable bonds is 4. The van der Waals surface area contributed by atoms with Gasteiger partial charge >= 0.3 is 0 Å². The quantitative estimate of drug-likeness (QED) is 0.739. The highest BCUT2D eigenvalue weighted by Gasteiger charge is 2.13. The first-order chi connectivity index (χ1) is 9.74. The van der Waals surface area contributed by atoms with Gasteiger partial charge in [-0.2, -0.15) is 0 Å². The van der Waals surface area contributed by atoms with Gasteiger partial charge in [0.2, 0.25) is 0 Å². The SMILES string of the molecule is Cc1nnsc1Cn1cc([C@H](C)c2ccccc2)nn1. The van der Waals surface area contributed by atoms with Gasteiger partial charge in [-0.15, -0.1) is 10.2 Å². The molecule has 0 spiro atoms. The number of benzene rings is 1. The highest BCUT2D eigenvalue weighted by molar-refractivity contribution is 7.05. The number of aromatic nitrogens is 5. The van der Waals surface area contributed by atoms with Crippen molar-refractivity contribution < 1.29 is 0 Å². The molecule has 0 N–H and O–H groups in total. The molecule has 0 fully saturated rings. The molecule has 0 aliphatic heterocycles. The van der Waals surface area contributed by atoms with Gasteiger partial charge in [-0.1, -0.05) is 47.0 Å². The summed E-state index contributed by atoms with van der Waals surface area (Å²) in [6.07, 6.45) is 2.00. The molecule has 0 saturated heterocycles. The summed E-state index contributed by atoms with van der Waals surface area (Å²) < 4.78 is 5.78. The van der Waals surface area contributed by atoms with Gasteiger partial charge in [-0.3, -0.25) is 0 Å². The molecule has 0 radical (unpaired) electrons. The molecule has 6 heteroatoms. The second kappa shape index (κ2) is 5.50. The van der Waals surface area contributed by atoms with Crippen LogP contribution in [-0.4, -0.2) is 24.6 Å². The van der Waals surface area contributed by atoms with Crippen molar-refractivity contribution in [2.24, 2.45) is 0 Å². The van der Waals surface area contributed by atoms with Gasteiger partial charge in [-0.25, -0.2) is 4.68 Å². The lowest BCUT2D eigenvalue weighted by molar-refractivity contribution is 0.652. The zero-order valence-electron chi connectivity index (χ0n) is 11.4. The average Bonchev–Trinajstić information content (AvgIpc) is 3.10. The summed E-state index contributed by atoms with van der Waals surface area (Å²) in [5, 5.41) is 12.5. The summed E-state index contributed by atoms with van der Waals surface area (Å²) in [5.41, 5.74) is 3.18. The second-order valence-corrected chi connectivity index (χ2v) is 5.59. The zero-order chi connectivity index (χ0) is 13.9. The summed E-state index contributed by atoms with van der Waals surface area (Å²) in [6.45, 7) is 4.78. The molecular weight excluding hydrogens is 270 g/mol. The van der Waals surface area contributed by atoms with Crippen LogP contribution in [0.15, 0.2) is 36.5 Å². The number of hydrogen-bond donors (Lipinski definition) is 0. The van der Waals surface area contributed by atoms with Crippen LogP contribution in [0.25, 0.3) is 0 Å². The van der Waals surface area contributed by atoms with Crippen molar-refractivity contribution in [3.63, 3.8) is 0 Å². The van der Waals surface area contributed by atoms with Crippen LogP contribution in [0.4, 0.5) is 0 Å². The van der Waals surface area contributed by atoms with Gasteiger partial charge in [0.1, 0.15) is 0 Å². The molecule has 0 aliphatic carbocycles. The maximum Gasteiger partial charge on any atom is 0.0899 e. The molecule has 1 aromatic carbocycles. The Morgan fingerprint density at radius 2 is 2.00 bits per heavy atom. The van der Waals surface area contributed by atoms with Gasteiger partial charge in [-0.05, 0) is 24.0 Å². The summed E-state index contributed by atoms with van der Waals surface area (Å²) in [7, 11) is 0. The third kappa shape index (κ3) is 2.60. The van der Waals surface area contributed by atoms with Crippen molar-refractivity contribution in [3.05, 3.63) is 58.4 Å². The van der Waals surface area contributed by atoms with E-state index in [-0.39, 0.29) is 5.92 Å². The summed E-state index contributed by atoms with van der Waals surface area (Å²) in [5.74, 6) is 0.241. The molecular formula is C14H15N5S. The van der Waals surface area contributed by atoms with Crippen LogP contribution < -0.4 is 0 Å². The molecule has 3 aromatic rings. The van der Waals surface area contributed by atoms with Gasteiger partial charge in [0.05, 0.1) is 22.8 Å². The lowest BCUT2D eigenvalue weighted by atomic mass is 9.99. The fraction of sp³-hybridized carbons (Fsp3) is 0.286. The molecule has 20 heavy (non-hydrogen) atoms. The van der Waals surface area contributed by atoms with Crippen molar-refractivity contribution in [1.29, 1.82) is 0 Å². The Kier molecular flexibility index (Phi) is 3.56. The zero-order valence-corrected chi connectivity index (χ0v) is 12.2. The molecule has 1 atom stereocenters. The van der Waals surface area contributed by atoms with Crippen LogP contribution in [0.3, 0.4) is 0 Å². The van der Waals surface area contributed by atoms with Gasteiger partial charge in [0.25, 0.3) is 0 Å². The Hall–Kier alpha value is -2.08. The molecule has 3 rings (SSSR count). The first kappa shape index (κ1) is 12.9. The third-order valence-corrected chi connectivity index (χ3v) is 4.16. The van der Waals surface area contributed by atoms with E-state index >= 15 is 0 Å². The molecule has 0 bridgehead atoms. The van der Waals surface area contributed by atoms with Crippen molar-refractivity contribution in [1.82, 2.24) is 24.6 Å². The topological polar surface area (TPSA) is 56.5 Å². The van der Waals surface area contributed by atoms with E-state index in [1.165, 1.54) is 17.1 Å². The molecule has 2 heterocycles. The maximum absolute atomic E-state index is 4.28. The lowest BCUT2D eigenvalue weighted by Gasteiger charge is -2.07.